The minimum absolute atomic E-state index is 0.0225. The number of nitrogens with one attached hydrogen (secondary N) is 1. The van der Waals surface area contributed by atoms with Gasteiger partial charge in [-0.15, -0.1) is 11.8 Å². The first-order valence-corrected chi connectivity index (χ1v) is 9.74. The van der Waals surface area contributed by atoms with Gasteiger partial charge in [0.05, 0.1) is 5.25 Å². The van der Waals surface area contributed by atoms with E-state index in [9.17, 15) is 13.6 Å². The third kappa shape index (κ3) is 3.07. The smallest absolute Gasteiger partial charge is 0.233 e. The average Bonchev–Trinajstić information content (AvgIpc) is 2.48. The maximum atomic E-state index is 13.8. The van der Waals surface area contributed by atoms with Crippen LogP contribution < -0.4 is 5.32 Å². The maximum absolute atomic E-state index is 13.8. The van der Waals surface area contributed by atoms with Crippen molar-refractivity contribution in [3.8, 4) is 0 Å². The molecule has 130 valence electrons. The van der Waals surface area contributed by atoms with Gasteiger partial charge in [-0.25, -0.2) is 8.78 Å². The lowest BCUT2D eigenvalue weighted by molar-refractivity contribution is -0.126. The molecule has 0 heterocycles. The molecule has 1 atom stereocenters. The Labute approximate surface area is 145 Å². The highest BCUT2D eigenvalue weighted by Crippen LogP contribution is 2.55. The molecule has 2 nitrogen and oxygen atoms in total. The molecule has 0 aliphatic heterocycles. The second-order valence-electron chi connectivity index (χ2n) is 8.02. The zero-order chi connectivity index (χ0) is 16.9. The van der Waals surface area contributed by atoms with Gasteiger partial charge in [0, 0.05) is 16.5 Å². The van der Waals surface area contributed by atoms with Gasteiger partial charge in [0.25, 0.3) is 0 Å². The van der Waals surface area contributed by atoms with E-state index in [0.29, 0.717) is 4.90 Å². The summed E-state index contributed by atoms with van der Waals surface area (Å²) in [7, 11) is 0. The standard InChI is InChI=1S/C19H23F2NOS/c1-11(24-17-3-2-15(20)7-16(17)21)18(23)22-19-8-12-4-13(9-19)6-14(5-12)10-19/h2-3,7,11-14H,4-6,8-10H2,1H3,(H,22,23)/t11-,12?,13?,14?,19?/m0/s1. The molecule has 4 fully saturated rings. The van der Waals surface area contributed by atoms with Crippen molar-refractivity contribution in [1.82, 2.24) is 5.32 Å². The van der Waals surface area contributed by atoms with E-state index in [0.717, 1.165) is 54.8 Å². The third-order valence-electron chi connectivity index (χ3n) is 5.99. The summed E-state index contributed by atoms with van der Waals surface area (Å²) in [6, 6.07) is 3.50. The second-order valence-corrected chi connectivity index (χ2v) is 9.40. The van der Waals surface area contributed by atoms with Crippen molar-refractivity contribution in [3.05, 3.63) is 29.8 Å². The van der Waals surface area contributed by atoms with Crippen LogP contribution in [0.5, 0.6) is 0 Å². The molecular formula is C19H23F2NOS. The van der Waals surface area contributed by atoms with Crippen molar-refractivity contribution in [1.29, 1.82) is 0 Å². The van der Waals surface area contributed by atoms with Crippen molar-refractivity contribution in [2.75, 3.05) is 0 Å². The first-order valence-electron chi connectivity index (χ1n) is 8.86. The van der Waals surface area contributed by atoms with E-state index in [2.05, 4.69) is 5.32 Å². The van der Waals surface area contributed by atoms with Crippen LogP contribution in [0.1, 0.15) is 45.4 Å². The Hall–Kier alpha value is -1.10. The van der Waals surface area contributed by atoms with Crippen LogP contribution in [0.2, 0.25) is 0 Å². The summed E-state index contributed by atoms with van der Waals surface area (Å²) in [4.78, 5) is 13.0. The third-order valence-corrected chi connectivity index (χ3v) is 7.15. The van der Waals surface area contributed by atoms with Crippen LogP contribution in [0.15, 0.2) is 23.1 Å². The molecular weight excluding hydrogens is 328 g/mol. The van der Waals surface area contributed by atoms with Crippen LogP contribution in [0.3, 0.4) is 0 Å². The Kier molecular flexibility index (Phi) is 4.10. The van der Waals surface area contributed by atoms with Gasteiger partial charge in [-0.3, -0.25) is 4.79 Å². The number of carbonyl (C=O) groups excluding carboxylic acids is 1. The first-order chi connectivity index (χ1) is 11.4. The van der Waals surface area contributed by atoms with Crippen molar-refractivity contribution in [2.45, 2.75) is 61.1 Å². The average molecular weight is 351 g/mol. The van der Waals surface area contributed by atoms with E-state index >= 15 is 0 Å². The molecule has 5 rings (SSSR count). The molecule has 4 aliphatic carbocycles. The van der Waals surface area contributed by atoms with Crippen LogP contribution in [-0.2, 0) is 4.79 Å². The number of hydrogen-bond donors (Lipinski definition) is 1. The highest BCUT2D eigenvalue weighted by atomic mass is 32.2. The summed E-state index contributed by atoms with van der Waals surface area (Å²) >= 11 is 1.16. The monoisotopic (exact) mass is 351 g/mol. The van der Waals surface area contributed by atoms with Crippen molar-refractivity contribution >= 4 is 17.7 Å². The Morgan fingerprint density at radius 2 is 1.75 bits per heavy atom. The van der Waals surface area contributed by atoms with Gasteiger partial charge >= 0.3 is 0 Å². The van der Waals surface area contributed by atoms with Gasteiger partial charge in [0.15, 0.2) is 0 Å². The lowest BCUT2D eigenvalue weighted by atomic mass is 9.53. The van der Waals surface area contributed by atoms with Crippen molar-refractivity contribution in [2.24, 2.45) is 17.8 Å². The Morgan fingerprint density at radius 3 is 2.29 bits per heavy atom. The van der Waals surface area contributed by atoms with E-state index < -0.39 is 16.9 Å². The number of halogens is 2. The number of rotatable bonds is 4. The zero-order valence-corrected chi connectivity index (χ0v) is 14.7. The quantitative estimate of drug-likeness (QED) is 0.808. The van der Waals surface area contributed by atoms with E-state index in [1.807, 2.05) is 0 Å². The summed E-state index contributed by atoms with van der Waals surface area (Å²) in [5.74, 6) is 1.10. The zero-order valence-electron chi connectivity index (χ0n) is 13.9. The molecule has 1 N–H and O–H groups in total. The highest BCUT2D eigenvalue weighted by Gasteiger charge is 2.51. The van der Waals surface area contributed by atoms with E-state index in [1.165, 1.54) is 31.4 Å². The molecule has 4 saturated carbocycles. The largest absolute Gasteiger partial charge is 0.350 e. The Morgan fingerprint density at radius 1 is 1.17 bits per heavy atom. The molecule has 24 heavy (non-hydrogen) atoms. The van der Waals surface area contributed by atoms with E-state index in [4.69, 9.17) is 0 Å². The fraction of sp³-hybridized carbons (Fsp3) is 0.632. The minimum Gasteiger partial charge on any atom is -0.350 e. The molecule has 1 aromatic rings. The Bertz CT molecular complexity index is 627. The fourth-order valence-corrected chi connectivity index (χ4v) is 6.31. The summed E-state index contributed by atoms with van der Waals surface area (Å²) in [5, 5.41) is 2.93. The maximum Gasteiger partial charge on any atom is 0.233 e. The lowest BCUT2D eigenvalue weighted by Crippen LogP contribution is -2.60. The predicted octanol–water partition coefficient (Wildman–Crippen LogP) is 4.53. The summed E-state index contributed by atoms with van der Waals surface area (Å²) in [6.45, 7) is 1.79. The normalized spacial score (nSPS) is 35.0. The number of thioether (sulfide) groups is 1. The summed E-state index contributed by atoms with van der Waals surface area (Å²) in [5.41, 5.74) is -0.0258. The van der Waals surface area contributed by atoms with Gasteiger partial charge in [0.2, 0.25) is 5.91 Å². The van der Waals surface area contributed by atoms with Gasteiger partial charge in [0.1, 0.15) is 11.6 Å². The van der Waals surface area contributed by atoms with Crippen molar-refractivity contribution in [3.63, 3.8) is 0 Å². The predicted molar refractivity (Wildman–Crippen MR) is 90.7 cm³/mol. The minimum atomic E-state index is -0.602. The number of amides is 1. The van der Waals surface area contributed by atoms with Gasteiger partial charge in [-0.05, 0) is 75.3 Å². The molecule has 1 amide bonds. The SMILES string of the molecule is C[C@H](Sc1ccc(F)cc1F)C(=O)NC12CC3CC(CC(C3)C1)C2. The summed E-state index contributed by atoms with van der Waals surface area (Å²) < 4.78 is 26.8. The number of carbonyl (C=O) groups is 1. The molecule has 0 radical (unpaired) electrons. The number of benzene rings is 1. The van der Waals surface area contributed by atoms with Gasteiger partial charge in [-0.1, -0.05) is 0 Å². The molecule has 1 aromatic carbocycles. The first kappa shape index (κ1) is 16.4. The molecule has 0 saturated heterocycles. The van der Waals surface area contributed by atoms with E-state index in [-0.39, 0.29) is 11.4 Å². The van der Waals surface area contributed by atoms with Crippen LogP contribution in [0.4, 0.5) is 8.78 Å². The fourth-order valence-electron chi connectivity index (χ4n) is 5.44. The van der Waals surface area contributed by atoms with Gasteiger partial charge in [-0.2, -0.15) is 0 Å². The molecule has 0 spiro atoms. The molecule has 5 heteroatoms. The molecule has 0 unspecified atom stereocenters. The number of hydrogen-bond acceptors (Lipinski definition) is 2. The highest BCUT2D eigenvalue weighted by molar-refractivity contribution is 8.00. The lowest BCUT2D eigenvalue weighted by Gasteiger charge is -2.57. The topological polar surface area (TPSA) is 29.1 Å². The van der Waals surface area contributed by atoms with Gasteiger partial charge < -0.3 is 5.32 Å². The summed E-state index contributed by atoms with van der Waals surface area (Å²) in [6.07, 6.45) is 7.31. The van der Waals surface area contributed by atoms with Crippen LogP contribution >= 0.6 is 11.8 Å². The molecule has 0 aromatic heterocycles. The van der Waals surface area contributed by atoms with Crippen LogP contribution in [0.25, 0.3) is 0 Å². The molecule has 4 aliphatic rings. The second kappa shape index (κ2) is 6.01. The van der Waals surface area contributed by atoms with E-state index in [1.54, 1.807) is 6.92 Å². The van der Waals surface area contributed by atoms with Crippen LogP contribution in [0, 0.1) is 29.4 Å². The van der Waals surface area contributed by atoms with Crippen molar-refractivity contribution < 1.29 is 13.6 Å². The Balaban J connectivity index is 1.42. The molecule has 4 bridgehead atoms. The van der Waals surface area contributed by atoms with Crippen LogP contribution in [-0.4, -0.2) is 16.7 Å².